The van der Waals surface area contributed by atoms with Gasteiger partial charge in [-0.2, -0.15) is 4.57 Å². The van der Waals surface area contributed by atoms with Crippen LogP contribution in [-0.4, -0.2) is 17.8 Å². The van der Waals surface area contributed by atoms with Crippen LogP contribution in [0.25, 0.3) is 17.0 Å². The van der Waals surface area contributed by atoms with E-state index in [1.165, 1.54) is 21.4 Å². The van der Waals surface area contributed by atoms with Crippen LogP contribution in [-0.2, 0) is 11.3 Å². The maximum atomic E-state index is 11.4. The number of rotatable bonds is 7. The van der Waals surface area contributed by atoms with E-state index in [1.807, 2.05) is 12.1 Å². The summed E-state index contributed by atoms with van der Waals surface area (Å²) in [5.74, 6) is -0.281. The summed E-state index contributed by atoms with van der Waals surface area (Å²) in [7, 11) is 0. The van der Waals surface area contributed by atoms with Crippen LogP contribution in [0.3, 0.4) is 0 Å². The van der Waals surface area contributed by atoms with E-state index in [0.717, 1.165) is 29.0 Å². The summed E-state index contributed by atoms with van der Waals surface area (Å²) >= 11 is 5.26. The van der Waals surface area contributed by atoms with E-state index in [9.17, 15) is 4.79 Å². The number of carbonyl (C=O) groups is 1. The molecule has 1 aliphatic heterocycles. The van der Waals surface area contributed by atoms with E-state index in [4.69, 9.17) is 5.73 Å². The predicted molar refractivity (Wildman–Crippen MR) is 124 cm³/mol. The second-order valence-electron chi connectivity index (χ2n) is 6.94. The van der Waals surface area contributed by atoms with Crippen LogP contribution in [0, 0.1) is 0 Å². The Morgan fingerprint density at radius 2 is 1.93 bits per heavy atom. The second kappa shape index (κ2) is 9.01. The first kappa shape index (κ1) is 20.0. The lowest BCUT2D eigenvalue weighted by Gasteiger charge is -2.20. The highest BCUT2D eigenvalue weighted by molar-refractivity contribution is 9.09. The van der Waals surface area contributed by atoms with Gasteiger partial charge in [-0.15, -0.1) is 0 Å². The van der Waals surface area contributed by atoms with E-state index in [0.29, 0.717) is 13.0 Å². The van der Waals surface area contributed by atoms with E-state index in [-0.39, 0.29) is 5.91 Å². The molecule has 2 N–H and O–H groups in total. The number of thioether (sulfide) groups is 1. The molecule has 2 aromatic carbocycles. The number of amides is 1. The fourth-order valence-corrected chi connectivity index (χ4v) is 5.00. The number of benzene rings is 2. The molecule has 1 aromatic heterocycles. The standard InChI is InChI=1S/C23H22BrN3OS/c24-12-5-13-26-14-10-17(18-6-1-2-7-19(18)26)16-23-27(15-11-22(25)28)20-8-3-4-9-21(20)29-23/h1-4,6-10,14,16H,5,11-13,15H2,(H-,25,28)/p+1. The van der Waals surface area contributed by atoms with Crippen molar-refractivity contribution in [3.8, 4) is 0 Å². The number of fused-ring (bicyclic) bond motifs is 2. The quantitative estimate of drug-likeness (QED) is 0.403. The van der Waals surface area contributed by atoms with Gasteiger partial charge in [-0.3, -0.25) is 4.79 Å². The summed E-state index contributed by atoms with van der Waals surface area (Å²) in [6, 6.07) is 19.0. The zero-order valence-corrected chi connectivity index (χ0v) is 18.5. The van der Waals surface area contributed by atoms with Crippen LogP contribution in [0.1, 0.15) is 18.4 Å². The number of nitrogens with zero attached hydrogens (tertiary/aromatic N) is 2. The SMILES string of the molecule is NC(=O)CCN1C(=Cc2cc[n+](CCCBr)c3ccccc23)Sc2ccccc21. The minimum atomic E-state index is -0.281. The van der Waals surface area contributed by atoms with Crippen molar-refractivity contribution in [3.05, 3.63) is 71.4 Å². The molecule has 0 aliphatic carbocycles. The van der Waals surface area contributed by atoms with Gasteiger partial charge in [0.25, 0.3) is 0 Å². The third-order valence-corrected chi connectivity index (χ3v) is 6.66. The van der Waals surface area contributed by atoms with Crippen LogP contribution in [0.2, 0.25) is 0 Å². The van der Waals surface area contributed by atoms with Gasteiger partial charge in [0.15, 0.2) is 6.20 Å². The lowest BCUT2D eigenvalue weighted by molar-refractivity contribution is -0.671. The van der Waals surface area contributed by atoms with Crippen LogP contribution in [0.15, 0.2) is 70.7 Å². The Kier molecular flexibility index (Phi) is 6.21. The summed E-state index contributed by atoms with van der Waals surface area (Å²) in [5, 5.41) is 3.34. The highest BCUT2D eigenvalue weighted by Crippen LogP contribution is 2.46. The third-order valence-electron chi connectivity index (χ3n) is 4.99. The number of aromatic nitrogens is 1. The number of alkyl halides is 1. The van der Waals surface area contributed by atoms with Gasteiger partial charge in [0.2, 0.25) is 11.4 Å². The molecule has 29 heavy (non-hydrogen) atoms. The second-order valence-corrected chi connectivity index (χ2v) is 8.80. The van der Waals surface area contributed by atoms with E-state index in [1.54, 1.807) is 11.8 Å². The fraction of sp³-hybridized carbons (Fsp3) is 0.217. The molecule has 3 aromatic rings. The van der Waals surface area contributed by atoms with Crippen molar-refractivity contribution in [2.75, 3.05) is 16.8 Å². The topological polar surface area (TPSA) is 50.2 Å². The maximum absolute atomic E-state index is 11.4. The Morgan fingerprint density at radius 1 is 1.14 bits per heavy atom. The van der Waals surface area contributed by atoms with Crippen LogP contribution < -0.4 is 15.2 Å². The Hall–Kier alpha value is -2.31. The number of nitrogens with two attached hydrogens (primary N) is 1. The molecule has 0 spiro atoms. The van der Waals surface area contributed by atoms with Gasteiger partial charge in [0, 0.05) is 41.7 Å². The number of para-hydroxylation sites is 2. The lowest BCUT2D eigenvalue weighted by Crippen LogP contribution is -2.34. The summed E-state index contributed by atoms with van der Waals surface area (Å²) in [6.07, 6.45) is 5.80. The number of anilines is 1. The van der Waals surface area contributed by atoms with Gasteiger partial charge in [-0.25, -0.2) is 0 Å². The number of carbonyl (C=O) groups excluding carboxylic acids is 1. The van der Waals surface area contributed by atoms with E-state index >= 15 is 0 Å². The van der Waals surface area contributed by atoms with Crippen LogP contribution in [0.4, 0.5) is 5.69 Å². The average molecular weight is 469 g/mol. The average Bonchev–Trinajstić information content (AvgIpc) is 3.08. The predicted octanol–water partition coefficient (Wildman–Crippen LogP) is 4.70. The molecule has 0 radical (unpaired) electrons. The number of pyridine rings is 1. The van der Waals surface area contributed by atoms with Gasteiger partial charge in [0.05, 0.1) is 16.1 Å². The van der Waals surface area contributed by atoms with Crippen molar-refractivity contribution in [1.29, 1.82) is 0 Å². The van der Waals surface area contributed by atoms with Gasteiger partial charge < -0.3 is 10.6 Å². The van der Waals surface area contributed by atoms with Gasteiger partial charge in [0.1, 0.15) is 6.54 Å². The van der Waals surface area contributed by atoms with Crippen molar-refractivity contribution in [2.45, 2.75) is 24.3 Å². The monoisotopic (exact) mass is 468 g/mol. The molecule has 0 bridgehead atoms. The normalized spacial score (nSPS) is 14.5. The zero-order valence-electron chi connectivity index (χ0n) is 16.1. The molecule has 1 amide bonds. The van der Waals surface area contributed by atoms with Crippen molar-refractivity contribution in [1.82, 2.24) is 0 Å². The Balaban J connectivity index is 1.75. The van der Waals surface area contributed by atoms with Gasteiger partial charge in [-0.1, -0.05) is 52.0 Å². The number of halogens is 1. The molecular weight excluding hydrogens is 446 g/mol. The number of primary amides is 1. The molecule has 0 unspecified atom stereocenters. The number of hydrogen-bond donors (Lipinski definition) is 1. The molecule has 1 aliphatic rings. The molecule has 4 nitrogen and oxygen atoms in total. The Morgan fingerprint density at radius 3 is 2.76 bits per heavy atom. The molecule has 6 heteroatoms. The van der Waals surface area contributed by atoms with Gasteiger partial charge >= 0.3 is 0 Å². The molecule has 2 heterocycles. The summed E-state index contributed by atoms with van der Waals surface area (Å²) in [5.41, 5.74) is 8.96. The van der Waals surface area contributed by atoms with Crippen molar-refractivity contribution < 1.29 is 9.36 Å². The zero-order chi connectivity index (χ0) is 20.2. The summed E-state index contributed by atoms with van der Waals surface area (Å²) in [6.45, 7) is 1.56. The van der Waals surface area contributed by atoms with Crippen molar-refractivity contribution in [3.63, 3.8) is 0 Å². The smallest absolute Gasteiger partial charge is 0.219 e. The number of hydrogen-bond acceptors (Lipinski definition) is 3. The third kappa shape index (κ3) is 4.33. The van der Waals surface area contributed by atoms with Crippen LogP contribution >= 0.6 is 27.7 Å². The summed E-state index contributed by atoms with van der Waals surface area (Å²) in [4.78, 5) is 14.8. The summed E-state index contributed by atoms with van der Waals surface area (Å²) < 4.78 is 2.31. The highest BCUT2D eigenvalue weighted by Gasteiger charge is 2.25. The minimum absolute atomic E-state index is 0.281. The molecule has 0 atom stereocenters. The number of aryl methyl sites for hydroxylation is 1. The Labute approximate surface area is 183 Å². The highest BCUT2D eigenvalue weighted by atomic mass is 79.9. The molecule has 0 fully saturated rings. The first-order chi connectivity index (χ1) is 14.2. The molecular formula is C23H23BrN3OS+. The maximum Gasteiger partial charge on any atom is 0.219 e. The molecule has 0 saturated carbocycles. The molecule has 0 saturated heterocycles. The van der Waals surface area contributed by atoms with Crippen LogP contribution in [0.5, 0.6) is 0 Å². The minimum Gasteiger partial charge on any atom is -0.370 e. The van der Waals surface area contributed by atoms with E-state index < -0.39 is 0 Å². The van der Waals surface area contributed by atoms with Crippen molar-refractivity contribution >= 4 is 56.3 Å². The first-order valence-electron chi connectivity index (χ1n) is 9.69. The Bertz CT molecular complexity index is 1080. The molecule has 4 rings (SSSR count). The largest absolute Gasteiger partial charge is 0.370 e. The first-order valence-corrected chi connectivity index (χ1v) is 11.6. The lowest BCUT2D eigenvalue weighted by atomic mass is 10.1. The van der Waals surface area contributed by atoms with Crippen molar-refractivity contribution in [2.24, 2.45) is 5.73 Å². The fourth-order valence-electron chi connectivity index (χ4n) is 3.61. The van der Waals surface area contributed by atoms with Gasteiger partial charge in [-0.05, 0) is 29.8 Å². The van der Waals surface area contributed by atoms with E-state index in [2.05, 4.69) is 80.1 Å². The molecule has 148 valence electrons.